The predicted molar refractivity (Wildman–Crippen MR) is 105 cm³/mol. The first kappa shape index (κ1) is 17.6. The van der Waals surface area contributed by atoms with Gasteiger partial charge < -0.3 is 14.5 Å². The number of nitrogens with zero attached hydrogens (tertiary/aromatic N) is 1. The Hall–Kier alpha value is -1.79. The fourth-order valence-corrected chi connectivity index (χ4v) is 3.60. The fourth-order valence-electron chi connectivity index (χ4n) is 3.19. The molecule has 1 aliphatic heterocycles. The maximum absolute atomic E-state index is 12.8. The molecule has 0 unspecified atom stereocenters. The van der Waals surface area contributed by atoms with E-state index in [9.17, 15) is 4.79 Å². The summed E-state index contributed by atoms with van der Waals surface area (Å²) < 4.78 is 11.2. The van der Waals surface area contributed by atoms with Crippen molar-refractivity contribution >= 4 is 45.0 Å². The average molecular weight is 393 g/mol. The van der Waals surface area contributed by atoms with Gasteiger partial charge in [0.25, 0.3) is 0 Å². The molecule has 2 aromatic carbocycles. The summed E-state index contributed by atoms with van der Waals surface area (Å²) >= 11 is 12.3. The highest BCUT2D eigenvalue weighted by Crippen LogP contribution is 2.29. The lowest BCUT2D eigenvalue weighted by atomic mass is 10.1. The Morgan fingerprint density at radius 2 is 1.92 bits per heavy atom. The average Bonchev–Trinajstić information content (AvgIpc) is 2.65. The summed E-state index contributed by atoms with van der Waals surface area (Å²) in [6, 6.07) is 8.85. The third kappa shape index (κ3) is 3.40. The number of halogens is 2. The van der Waals surface area contributed by atoms with Crippen LogP contribution in [0.5, 0.6) is 5.75 Å². The van der Waals surface area contributed by atoms with Crippen LogP contribution < -0.4 is 10.2 Å². The number of aromatic amines is 1. The highest BCUT2D eigenvalue weighted by Gasteiger charge is 2.13. The second-order valence-corrected chi connectivity index (χ2v) is 7.03. The van der Waals surface area contributed by atoms with Gasteiger partial charge in [-0.2, -0.15) is 0 Å². The maximum atomic E-state index is 12.8. The molecule has 0 atom stereocenters. The SMILES string of the molecule is O=c1c2ccc(OCCN3CCOCC3)cc2[nH]c2ccc(Cl)c(Cl)c12. The molecule has 2 heterocycles. The number of benzene rings is 2. The predicted octanol–water partition coefficient (Wildman–Crippen LogP) is 3.70. The van der Waals surface area contributed by atoms with Gasteiger partial charge in [0.05, 0.1) is 39.7 Å². The van der Waals surface area contributed by atoms with E-state index in [-0.39, 0.29) is 10.5 Å². The van der Waals surface area contributed by atoms with Gasteiger partial charge in [-0.1, -0.05) is 23.2 Å². The summed E-state index contributed by atoms with van der Waals surface area (Å²) in [5.41, 5.74) is 1.23. The standard InChI is InChI=1S/C19H18Cl2N2O3/c20-14-3-4-15-17(18(14)21)19(24)13-2-1-12(11-16(13)22-15)26-10-7-23-5-8-25-9-6-23/h1-4,11H,5-10H2,(H,22,24). The van der Waals surface area contributed by atoms with Crippen LogP contribution in [0, 0.1) is 0 Å². The minimum Gasteiger partial charge on any atom is -0.492 e. The molecule has 0 saturated carbocycles. The van der Waals surface area contributed by atoms with E-state index in [0.29, 0.717) is 33.4 Å². The number of fused-ring (bicyclic) bond motifs is 2. The van der Waals surface area contributed by atoms with Crippen molar-refractivity contribution in [3.8, 4) is 5.75 Å². The van der Waals surface area contributed by atoms with Gasteiger partial charge in [0.1, 0.15) is 12.4 Å². The van der Waals surface area contributed by atoms with Gasteiger partial charge >= 0.3 is 0 Å². The van der Waals surface area contributed by atoms with Crippen LogP contribution in [-0.4, -0.2) is 49.3 Å². The molecule has 4 rings (SSSR count). The summed E-state index contributed by atoms with van der Waals surface area (Å²) in [7, 11) is 0. The lowest BCUT2D eigenvalue weighted by molar-refractivity contribution is 0.0322. The molecule has 0 radical (unpaired) electrons. The van der Waals surface area contributed by atoms with E-state index in [2.05, 4.69) is 9.88 Å². The van der Waals surface area contributed by atoms with Crippen molar-refractivity contribution in [2.24, 2.45) is 0 Å². The number of hydrogen-bond acceptors (Lipinski definition) is 4. The van der Waals surface area contributed by atoms with E-state index >= 15 is 0 Å². The van der Waals surface area contributed by atoms with Crippen molar-refractivity contribution < 1.29 is 9.47 Å². The van der Waals surface area contributed by atoms with Crippen molar-refractivity contribution in [2.45, 2.75) is 0 Å². The molecule has 1 aromatic heterocycles. The molecular weight excluding hydrogens is 375 g/mol. The summed E-state index contributed by atoms with van der Waals surface area (Å²) in [6.45, 7) is 4.86. The highest BCUT2D eigenvalue weighted by atomic mass is 35.5. The van der Waals surface area contributed by atoms with Crippen LogP contribution in [0.1, 0.15) is 0 Å². The van der Waals surface area contributed by atoms with E-state index in [4.69, 9.17) is 32.7 Å². The number of ether oxygens (including phenoxy) is 2. The van der Waals surface area contributed by atoms with Crippen LogP contribution >= 0.6 is 23.2 Å². The molecule has 26 heavy (non-hydrogen) atoms. The minimum absolute atomic E-state index is 0.138. The Balaban J connectivity index is 1.59. The number of rotatable bonds is 4. The third-order valence-corrected chi connectivity index (χ3v) is 5.41. The van der Waals surface area contributed by atoms with Gasteiger partial charge in [-0.25, -0.2) is 0 Å². The first-order chi connectivity index (χ1) is 12.6. The van der Waals surface area contributed by atoms with Crippen molar-refractivity contribution in [3.63, 3.8) is 0 Å². The van der Waals surface area contributed by atoms with Gasteiger partial charge in [-0.05, 0) is 24.3 Å². The summed E-state index contributed by atoms with van der Waals surface area (Å²) in [5.74, 6) is 0.723. The van der Waals surface area contributed by atoms with Crippen molar-refractivity contribution in [1.29, 1.82) is 0 Å². The Labute approximate surface area is 160 Å². The normalized spacial score (nSPS) is 15.6. The number of morpholine rings is 1. The zero-order chi connectivity index (χ0) is 18.1. The first-order valence-electron chi connectivity index (χ1n) is 8.50. The monoisotopic (exact) mass is 392 g/mol. The smallest absolute Gasteiger partial charge is 0.198 e. The van der Waals surface area contributed by atoms with Crippen LogP contribution in [-0.2, 0) is 4.74 Å². The number of nitrogens with one attached hydrogen (secondary N) is 1. The van der Waals surface area contributed by atoms with Gasteiger partial charge in [-0.3, -0.25) is 9.69 Å². The van der Waals surface area contributed by atoms with Gasteiger partial charge in [0, 0.05) is 31.1 Å². The van der Waals surface area contributed by atoms with Crippen molar-refractivity contribution in [2.75, 3.05) is 39.5 Å². The highest BCUT2D eigenvalue weighted by molar-refractivity contribution is 6.45. The molecule has 0 spiro atoms. The van der Waals surface area contributed by atoms with Gasteiger partial charge in [-0.15, -0.1) is 0 Å². The second kappa shape index (κ2) is 7.45. The molecule has 7 heteroatoms. The summed E-state index contributed by atoms with van der Waals surface area (Å²) in [5, 5.41) is 1.61. The van der Waals surface area contributed by atoms with Crippen molar-refractivity contribution in [1.82, 2.24) is 9.88 Å². The van der Waals surface area contributed by atoms with Crippen LogP contribution in [0.25, 0.3) is 21.8 Å². The number of aromatic nitrogens is 1. The Bertz CT molecular complexity index is 1010. The molecule has 5 nitrogen and oxygen atoms in total. The van der Waals surface area contributed by atoms with E-state index in [1.165, 1.54) is 0 Å². The number of hydrogen-bond donors (Lipinski definition) is 1. The molecular formula is C19H18Cl2N2O3. The fraction of sp³-hybridized carbons (Fsp3) is 0.316. The molecule has 1 N–H and O–H groups in total. The minimum atomic E-state index is -0.138. The van der Waals surface area contributed by atoms with E-state index in [0.717, 1.165) is 38.6 Å². The molecule has 0 aliphatic carbocycles. The topological polar surface area (TPSA) is 54.6 Å². The van der Waals surface area contributed by atoms with Crippen LogP contribution in [0.4, 0.5) is 0 Å². The molecule has 1 fully saturated rings. The number of H-pyrrole nitrogens is 1. The van der Waals surface area contributed by atoms with E-state index in [1.54, 1.807) is 24.3 Å². The first-order valence-corrected chi connectivity index (χ1v) is 9.26. The third-order valence-electron chi connectivity index (χ3n) is 4.61. The van der Waals surface area contributed by atoms with Crippen LogP contribution in [0.2, 0.25) is 10.0 Å². The molecule has 1 saturated heterocycles. The zero-order valence-corrected chi connectivity index (χ0v) is 15.6. The number of pyridine rings is 1. The van der Waals surface area contributed by atoms with Gasteiger partial charge in [0.15, 0.2) is 5.43 Å². The Morgan fingerprint density at radius 3 is 2.73 bits per heavy atom. The molecule has 136 valence electrons. The lowest BCUT2D eigenvalue weighted by Gasteiger charge is -2.26. The van der Waals surface area contributed by atoms with E-state index in [1.807, 2.05) is 6.07 Å². The molecule has 0 amide bonds. The largest absolute Gasteiger partial charge is 0.492 e. The van der Waals surface area contributed by atoms with Crippen molar-refractivity contribution in [3.05, 3.63) is 50.6 Å². The quantitative estimate of drug-likeness (QED) is 0.687. The molecule has 0 bridgehead atoms. The van der Waals surface area contributed by atoms with Gasteiger partial charge in [0.2, 0.25) is 0 Å². The second-order valence-electron chi connectivity index (χ2n) is 6.25. The Kier molecular flexibility index (Phi) is 5.05. The lowest BCUT2D eigenvalue weighted by Crippen LogP contribution is -2.38. The molecule has 1 aliphatic rings. The van der Waals surface area contributed by atoms with E-state index < -0.39 is 0 Å². The summed E-state index contributed by atoms with van der Waals surface area (Å²) in [4.78, 5) is 18.3. The maximum Gasteiger partial charge on any atom is 0.198 e. The van der Waals surface area contributed by atoms with Crippen LogP contribution in [0.3, 0.4) is 0 Å². The summed E-state index contributed by atoms with van der Waals surface area (Å²) in [6.07, 6.45) is 0. The molecule has 3 aromatic rings. The Morgan fingerprint density at radius 1 is 1.12 bits per heavy atom. The van der Waals surface area contributed by atoms with Crippen LogP contribution in [0.15, 0.2) is 35.1 Å². The zero-order valence-electron chi connectivity index (χ0n) is 14.1.